The highest BCUT2D eigenvalue weighted by Gasteiger charge is 2.10. The zero-order chi connectivity index (χ0) is 14.3. The average Bonchev–Trinajstić information content (AvgIpc) is 2.37. The summed E-state index contributed by atoms with van der Waals surface area (Å²) in [5, 5.41) is 11.4. The molecule has 0 atom stereocenters. The smallest absolute Gasteiger partial charge is 0.335 e. The van der Waals surface area contributed by atoms with Crippen molar-refractivity contribution in [1.82, 2.24) is 10.3 Å². The Morgan fingerprint density at radius 2 is 2.26 bits per heavy atom. The monoisotopic (exact) mass is 264 g/mol. The molecule has 0 bridgehead atoms. The van der Waals surface area contributed by atoms with E-state index >= 15 is 0 Å². The molecule has 0 saturated carbocycles. The van der Waals surface area contributed by atoms with Crippen LogP contribution in [0.25, 0.3) is 0 Å². The van der Waals surface area contributed by atoms with Crippen LogP contribution < -0.4 is 5.32 Å². The first-order chi connectivity index (χ1) is 9.00. The van der Waals surface area contributed by atoms with Crippen molar-refractivity contribution in [3.63, 3.8) is 0 Å². The van der Waals surface area contributed by atoms with Crippen LogP contribution in [0.4, 0.5) is 0 Å². The van der Waals surface area contributed by atoms with E-state index in [1.807, 2.05) is 6.92 Å². The summed E-state index contributed by atoms with van der Waals surface area (Å²) in [5.74, 6) is -1.52. The van der Waals surface area contributed by atoms with Crippen LogP contribution in [0.2, 0.25) is 0 Å². The lowest BCUT2D eigenvalue weighted by Gasteiger charge is -2.06. The molecule has 1 rings (SSSR count). The van der Waals surface area contributed by atoms with Gasteiger partial charge in [0.2, 0.25) is 0 Å². The predicted molar refractivity (Wildman–Crippen MR) is 69.2 cm³/mol. The molecule has 0 fully saturated rings. The van der Waals surface area contributed by atoms with E-state index in [1.165, 1.54) is 18.3 Å². The lowest BCUT2D eigenvalue weighted by Crippen LogP contribution is -2.28. The number of carboxylic acids is 1. The van der Waals surface area contributed by atoms with E-state index in [0.717, 1.165) is 5.57 Å². The summed E-state index contributed by atoms with van der Waals surface area (Å²) in [7, 11) is 0. The van der Waals surface area contributed by atoms with E-state index in [4.69, 9.17) is 9.84 Å². The lowest BCUT2D eigenvalue weighted by molar-refractivity contribution is 0.0696. The number of carbonyl (C=O) groups is 2. The minimum absolute atomic E-state index is 0.0266. The topological polar surface area (TPSA) is 88.5 Å². The Hall–Kier alpha value is -2.21. The van der Waals surface area contributed by atoms with Gasteiger partial charge in [0, 0.05) is 12.7 Å². The number of ether oxygens (including phenoxy) is 1. The molecule has 6 heteroatoms. The van der Waals surface area contributed by atoms with Gasteiger partial charge in [0.25, 0.3) is 5.91 Å². The van der Waals surface area contributed by atoms with Gasteiger partial charge >= 0.3 is 5.97 Å². The van der Waals surface area contributed by atoms with Crippen LogP contribution in [0.1, 0.15) is 27.8 Å². The molecule has 1 amide bonds. The van der Waals surface area contributed by atoms with E-state index in [-0.39, 0.29) is 11.3 Å². The summed E-state index contributed by atoms with van der Waals surface area (Å²) in [6.07, 6.45) is 1.29. The molecule has 0 unspecified atom stereocenters. The zero-order valence-electron chi connectivity index (χ0n) is 10.7. The Balaban J connectivity index is 2.43. The maximum atomic E-state index is 11.7. The number of pyridine rings is 1. The third-order valence-corrected chi connectivity index (χ3v) is 2.12. The highest BCUT2D eigenvalue weighted by molar-refractivity contribution is 5.95. The molecule has 6 nitrogen and oxygen atoms in total. The minimum atomic E-state index is -1.10. The maximum Gasteiger partial charge on any atom is 0.335 e. The second-order valence-electron chi connectivity index (χ2n) is 4.00. The van der Waals surface area contributed by atoms with Crippen molar-refractivity contribution in [3.05, 3.63) is 41.7 Å². The highest BCUT2D eigenvalue weighted by Crippen LogP contribution is 2.01. The van der Waals surface area contributed by atoms with Gasteiger partial charge < -0.3 is 15.2 Å². The average molecular weight is 264 g/mol. The molecule has 0 aliphatic carbocycles. The Bertz CT molecular complexity index is 485. The fraction of sp³-hybridized carbons (Fsp3) is 0.308. The first-order valence-corrected chi connectivity index (χ1v) is 5.70. The molecular formula is C13H16N2O4. The number of nitrogens with zero attached hydrogens (tertiary/aromatic N) is 1. The normalized spacial score (nSPS) is 9.95. The van der Waals surface area contributed by atoms with Crippen molar-refractivity contribution in [1.29, 1.82) is 0 Å². The van der Waals surface area contributed by atoms with E-state index in [9.17, 15) is 9.59 Å². The summed E-state index contributed by atoms with van der Waals surface area (Å²) in [6.45, 7) is 6.66. The largest absolute Gasteiger partial charge is 0.478 e. The van der Waals surface area contributed by atoms with Crippen molar-refractivity contribution >= 4 is 11.9 Å². The van der Waals surface area contributed by atoms with Crippen LogP contribution in [0, 0.1) is 0 Å². The standard InChI is InChI=1S/C13H16N2O4/c1-9(2)8-19-6-5-15-12(16)11-7-10(13(17)18)3-4-14-11/h3-4,7H,1,5-6,8H2,2H3,(H,15,16)(H,17,18). The van der Waals surface area contributed by atoms with Gasteiger partial charge in [-0.05, 0) is 19.1 Å². The number of rotatable bonds is 7. The number of carboxylic acid groups (broad SMARTS) is 1. The van der Waals surface area contributed by atoms with E-state index in [2.05, 4.69) is 16.9 Å². The molecule has 1 heterocycles. The maximum absolute atomic E-state index is 11.7. The molecule has 0 aliphatic rings. The summed E-state index contributed by atoms with van der Waals surface area (Å²) >= 11 is 0. The van der Waals surface area contributed by atoms with E-state index < -0.39 is 11.9 Å². The van der Waals surface area contributed by atoms with Crippen molar-refractivity contribution < 1.29 is 19.4 Å². The Morgan fingerprint density at radius 3 is 2.89 bits per heavy atom. The van der Waals surface area contributed by atoms with Crippen LogP contribution in [0.5, 0.6) is 0 Å². The second kappa shape index (κ2) is 7.27. The molecule has 102 valence electrons. The zero-order valence-corrected chi connectivity index (χ0v) is 10.7. The molecule has 0 spiro atoms. The van der Waals surface area contributed by atoms with Gasteiger partial charge in [-0.2, -0.15) is 0 Å². The quantitative estimate of drug-likeness (QED) is 0.568. The fourth-order valence-electron chi connectivity index (χ4n) is 1.26. The molecular weight excluding hydrogens is 248 g/mol. The Morgan fingerprint density at radius 1 is 1.53 bits per heavy atom. The van der Waals surface area contributed by atoms with Gasteiger partial charge in [-0.25, -0.2) is 4.79 Å². The summed E-state index contributed by atoms with van der Waals surface area (Å²) in [4.78, 5) is 26.2. The number of hydrogen-bond donors (Lipinski definition) is 2. The van der Waals surface area contributed by atoms with Crippen molar-refractivity contribution in [2.75, 3.05) is 19.8 Å². The van der Waals surface area contributed by atoms with Gasteiger partial charge in [0.15, 0.2) is 0 Å². The Labute approximate surface area is 111 Å². The molecule has 19 heavy (non-hydrogen) atoms. The van der Waals surface area contributed by atoms with Gasteiger partial charge in [-0.15, -0.1) is 0 Å². The molecule has 0 aromatic carbocycles. The van der Waals surface area contributed by atoms with Crippen LogP contribution in [-0.2, 0) is 4.74 Å². The molecule has 0 radical (unpaired) electrons. The highest BCUT2D eigenvalue weighted by atomic mass is 16.5. The first kappa shape index (κ1) is 14.8. The molecule has 2 N–H and O–H groups in total. The van der Waals surface area contributed by atoms with Crippen molar-refractivity contribution in [3.8, 4) is 0 Å². The molecule has 1 aromatic rings. The van der Waals surface area contributed by atoms with Crippen molar-refractivity contribution in [2.24, 2.45) is 0 Å². The van der Waals surface area contributed by atoms with E-state index in [0.29, 0.717) is 19.8 Å². The van der Waals surface area contributed by atoms with E-state index in [1.54, 1.807) is 0 Å². The van der Waals surface area contributed by atoms with Gasteiger partial charge in [-0.1, -0.05) is 12.2 Å². The number of aromatic nitrogens is 1. The predicted octanol–water partition coefficient (Wildman–Crippen LogP) is 1.10. The minimum Gasteiger partial charge on any atom is -0.478 e. The molecule has 0 aliphatic heterocycles. The lowest BCUT2D eigenvalue weighted by atomic mass is 10.2. The molecule has 0 saturated heterocycles. The third kappa shape index (κ3) is 5.31. The number of aromatic carboxylic acids is 1. The SMILES string of the molecule is C=C(C)COCCNC(=O)c1cc(C(=O)O)ccn1. The van der Waals surface area contributed by atoms with Crippen LogP contribution in [-0.4, -0.2) is 41.7 Å². The van der Waals surface area contributed by atoms with Gasteiger partial charge in [-0.3, -0.25) is 9.78 Å². The van der Waals surface area contributed by atoms with Crippen LogP contribution in [0.15, 0.2) is 30.5 Å². The summed E-state index contributed by atoms with van der Waals surface area (Å²) in [6, 6.07) is 2.56. The number of hydrogen-bond acceptors (Lipinski definition) is 4. The number of carbonyl (C=O) groups excluding carboxylic acids is 1. The number of amides is 1. The van der Waals surface area contributed by atoms with Crippen LogP contribution in [0.3, 0.4) is 0 Å². The fourth-order valence-corrected chi connectivity index (χ4v) is 1.26. The number of nitrogens with one attached hydrogen (secondary N) is 1. The van der Waals surface area contributed by atoms with Crippen LogP contribution >= 0.6 is 0 Å². The summed E-state index contributed by atoms with van der Waals surface area (Å²) in [5.41, 5.74) is 1.00. The van der Waals surface area contributed by atoms with Gasteiger partial charge in [0.05, 0.1) is 18.8 Å². The Kier molecular flexibility index (Phi) is 5.69. The molecule has 1 aromatic heterocycles. The first-order valence-electron chi connectivity index (χ1n) is 5.70. The third-order valence-electron chi connectivity index (χ3n) is 2.12. The van der Waals surface area contributed by atoms with Gasteiger partial charge in [0.1, 0.15) is 5.69 Å². The second-order valence-corrected chi connectivity index (χ2v) is 4.00. The van der Waals surface area contributed by atoms with Crippen molar-refractivity contribution in [2.45, 2.75) is 6.92 Å². The summed E-state index contributed by atoms with van der Waals surface area (Å²) < 4.78 is 5.21.